The molecule has 0 heterocycles. The second-order valence-electron chi connectivity index (χ2n) is 5.43. The van der Waals surface area contributed by atoms with Gasteiger partial charge in [0.2, 0.25) is 0 Å². The molecule has 6 heteroatoms. The number of rotatable bonds is 8. The van der Waals surface area contributed by atoms with Crippen molar-refractivity contribution in [3.05, 3.63) is 0 Å². The van der Waals surface area contributed by atoms with Crippen LogP contribution in [0.5, 0.6) is 0 Å². The van der Waals surface area contributed by atoms with Crippen molar-refractivity contribution in [3.63, 3.8) is 0 Å². The van der Waals surface area contributed by atoms with E-state index in [0.717, 1.165) is 24.9 Å². The molecule has 0 rings (SSSR count). The minimum Gasteiger partial charge on any atom is -0.176 e. The van der Waals surface area contributed by atoms with Gasteiger partial charge in [-0.1, -0.05) is 26.7 Å². The van der Waals surface area contributed by atoms with Crippen molar-refractivity contribution in [2.24, 2.45) is 0 Å². The fourth-order valence-electron chi connectivity index (χ4n) is 1.72. The lowest BCUT2D eigenvalue weighted by atomic mass is 10.6. The van der Waals surface area contributed by atoms with Crippen LogP contribution in [0.3, 0.4) is 0 Å². The van der Waals surface area contributed by atoms with Crippen molar-refractivity contribution >= 4 is 24.9 Å². The zero-order valence-corrected chi connectivity index (χ0v) is 14.4. The maximum atomic E-state index is 11.8. The number of hydrogen-bond donors (Lipinski definition) is 0. The van der Waals surface area contributed by atoms with E-state index < -0.39 is 24.9 Å². The molecule has 0 saturated carbocycles. The van der Waals surface area contributed by atoms with Gasteiger partial charge >= 0.3 is 8.25 Å². The summed E-state index contributed by atoms with van der Waals surface area (Å²) in [4.78, 5) is 0. The zero-order valence-electron chi connectivity index (χ0n) is 11.5. The van der Waals surface area contributed by atoms with Crippen molar-refractivity contribution < 1.29 is 13.0 Å². The smallest absolute Gasteiger partial charge is 0.176 e. The summed E-state index contributed by atoms with van der Waals surface area (Å²) >= 11 is 0. The lowest BCUT2D eigenvalue weighted by Crippen LogP contribution is -2.31. The molecule has 0 unspecified atom stereocenters. The Kier molecular flexibility index (Phi) is 7.21. The Hall–Kier alpha value is 0.454. The van der Waals surface area contributed by atoms with Crippen LogP contribution in [0, 0.1) is 0 Å². The van der Waals surface area contributed by atoms with Gasteiger partial charge in [0.1, 0.15) is 0 Å². The predicted octanol–water partition coefficient (Wildman–Crippen LogP) is 4.91. The molecule has 0 spiro atoms. The lowest BCUT2D eigenvalue weighted by molar-refractivity contribution is 0.407. The van der Waals surface area contributed by atoms with Crippen molar-refractivity contribution in [2.75, 3.05) is 0 Å². The Labute approximate surface area is 103 Å². The van der Waals surface area contributed by atoms with Gasteiger partial charge in [0.25, 0.3) is 16.6 Å². The van der Waals surface area contributed by atoms with Gasteiger partial charge < -0.3 is 0 Å². The van der Waals surface area contributed by atoms with Crippen LogP contribution in [0.2, 0.25) is 38.3 Å². The Morgan fingerprint density at radius 3 is 1.44 bits per heavy atom. The van der Waals surface area contributed by atoms with E-state index >= 15 is 0 Å². The van der Waals surface area contributed by atoms with E-state index in [2.05, 4.69) is 40.0 Å². The molecule has 0 aromatic carbocycles. The first-order valence-corrected chi connectivity index (χ1v) is 13.4. The molecule has 3 nitrogen and oxygen atoms in total. The third-order valence-electron chi connectivity index (χ3n) is 2.35. The van der Waals surface area contributed by atoms with E-state index in [1.807, 2.05) is 0 Å². The third kappa shape index (κ3) is 7.68. The van der Waals surface area contributed by atoms with Crippen molar-refractivity contribution in [1.29, 1.82) is 0 Å². The van der Waals surface area contributed by atoms with Crippen molar-refractivity contribution in [1.82, 2.24) is 0 Å². The van der Waals surface area contributed by atoms with Gasteiger partial charge in [0, 0.05) is 4.57 Å². The fraction of sp³-hybridized carbons (Fsp3) is 1.00. The van der Waals surface area contributed by atoms with Gasteiger partial charge in [0.15, 0.2) is 0 Å². The first-order chi connectivity index (χ1) is 7.22. The lowest BCUT2D eigenvalue weighted by Gasteiger charge is -2.16. The molecule has 0 aliphatic rings. The molecule has 0 saturated heterocycles. The van der Waals surface area contributed by atoms with E-state index in [9.17, 15) is 4.57 Å². The average molecular weight is 281 g/mol. The van der Waals surface area contributed by atoms with Crippen molar-refractivity contribution in [2.45, 2.75) is 65.0 Å². The molecule has 0 amide bonds. The van der Waals surface area contributed by atoms with E-state index in [1.54, 1.807) is 0 Å². The van der Waals surface area contributed by atoms with Crippen molar-refractivity contribution in [3.8, 4) is 0 Å². The highest BCUT2D eigenvalue weighted by Gasteiger charge is 2.41. The topological polar surface area (TPSA) is 35.5 Å². The summed E-state index contributed by atoms with van der Waals surface area (Å²) < 4.78 is 23.0. The first-order valence-electron chi connectivity index (χ1n) is 6.08. The standard InChI is InChI=1S/C10H26O3PSi2/c1-7-9-15(3,4)12-14(11)13-16(5,6)10-8-2/h7-10H2,1-6H3/q+1. The van der Waals surface area contributed by atoms with E-state index in [4.69, 9.17) is 8.43 Å². The molecule has 0 radical (unpaired) electrons. The quantitative estimate of drug-likeness (QED) is 0.468. The van der Waals surface area contributed by atoms with Crippen LogP contribution in [0.15, 0.2) is 0 Å². The van der Waals surface area contributed by atoms with Gasteiger partial charge in [-0.3, -0.25) is 0 Å². The van der Waals surface area contributed by atoms with E-state index in [0.29, 0.717) is 0 Å². The highest BCUT2D eigenvalue weighted by atomic mass is 31.1. The van der Waals surface area contributed by atoms with Crippen LogP contribution in [0.4, 0.5) is 0 Å². The third-order valence-corrected chi connectivity index (χ3v) is 10.9. The molecule has 16 heavy (non-hydrogen) atoms. The highest BCUT2D eigenvalue weighted by Crippen LogP contribution is 2.36. The highest BCUT2D eigenvalue weighted by molar-refractivity contribution is 7.38. The molecule has 0 fully saturated rings. The molecule has 0 aromatic heterocycles. The normalized spacial score (nSPS) is 12.9. The number of hydrogen-bond acceptors (Lipinski definition) is 3. The van der Waals surface area contributed by atoms with Crippen LogP contribution in [-0.4, -0.2) is 16.6 Å². The molecule has 0 bridgehead atoms. The largest absolute Gasteiger partial charge is 0.673 e. The fourth-order valence-corrected chi connectivity index (χ4v) is 8.57. The summed E-state index contributed by atoms with van der Waals surface area (Å²) in [7, 11) is -5.46. The van der Waals surface area contributed by atoms with Crippen LogP contribution >= 0.6 is 8.25 Å². The second-order valence-corrected chi connectivity index (χ2v) is 15.4. The van der Waals surface area contributed by atoms with Gasteiger partial charge in [-0.25, -0.2) is 0 Å². The molecule has 96 valence electrons. The molecule has 0 aliphatic heterocycles. The maximum absolute atomic E-state index is 11.8. The van der Waals surface area contributed by atoms with Gasteiger partial charge in [-0.15, -0.1) is 0 Å². The molecule has 0 aliphatic carbocycles. The van der Waals surface area contributed by atoms with Crippen LogP contribution < -0.4 is 0 Å². The van der Waals surface area contributed by atoms with Gasteiger partial charge in [-0.2, -0.15) is 8.43 Å². The van der Waals surface area contributed by atoms with Crippen LogP contribution in [0.25, 0.3) is 0 Å². The average Bonchev–Trinajstić information content (AvgIpc) is 1.99. The monoisotopic (exact) mass is 281 g/mol. The molecule has 0 aromatic rings. The summed E-state index contributed by atoms with van der Waals surface area (Å²) in [5.74, 6) is 0. The SMILES string of the molecule is CCC[Si](C)(C)O[P+](=O)O[Si](C)(C)CCC. The summed E-state index contributed by atoms with van der Waals surface area (Å²) in [6.07, 6.45) is 2.16. The second kappa shape index (κ2) is 7.01. The first kappa shape index (κ1) is 16.5. The molecular weight excluding hydrogens is 255 g/mol. The summed E-state index contributed by atoms with van der Waals surface area (Å²) in [5, 5.41) is 0. The maximum Gasteiger partial charge on any atom is 0.673 e. The van der Waals surface area contributed by atoms with Gasteiger partial charge in [0.05, 0.1) is 0 Å². The van der Waals surface area contributed by atoms with Crippen LogP contribution in [-0.2, 0) is 13.0 Å². The Morgan fingerprint density at radius 2 is 1.19 bits per heavy atom. The Bertz CT molecular complexity index is 210. The van der Waals surface area contributed by atoms with Crippen LogP contribution in [0.1, 0.15) is 26.7 Å². The van der Waals surface area contributed by atoms with E-state index in [-0.39, 0.29) is 0 Å². The predicted molar refractivity (Wildman–Crippen MR) is 74.9 cm³/mol. The zero-order chi connectivity index (χ0) is 12.8. The summed E-state index contributed by atoms with van der Waals surface area (Å²) in [6, 6.07) is 2.07. The Balaban J connectivity index is 4.17. The molecule has 0 atom stereocenters. The minimum absolute atomic E-state index is 1.03. The molecular formula is C10H26O3PSi2+. The summed E-state index contributed by atoms with van der Waals surface area (Å²) in [5.41, 5.74) is 0. The molecule has 0 N–H and O–H groups in total. The minimum atomic E-state index is -1.91. The van der Waals surface area contributed by atoms with Gasteiger partial charge in [-0.05, 0) is 38.3 Å². The van der Waals surface area contributed by atoms with E-state index in [1.165, 1.54) is 0 Å². The summed E-state index contributed by atoms with van der Waals surface area (Å²) in [6.45, 7) is 12.6. The Morgan fingerprint density at radius 1 is 0.875 bits per heavy atom.